The van der Waals surface area contributed by atoms with Crippen molar-refractivity contribution in [3.05, 3.63) is 70.1 Å². The average Bonchev–Trinajstić information content (AvgIpc) is 3.08. The lowest BCUT2D eigenvalue weighted by Crippen LogP contribution is -2.23. The minimum absolute atomic E-state index is 0.00270. The van der Waals surface area contributed by atoms with Crippen molar-refractivity contribution in [2.24, 2.45) is 0 Å². The average molecular weight is 462 g/mol. The van der Waals surface area contributed by atoms with Gasteiger partial charge in [-0.2, -0.15) is 0 Å². The number of rotatable bonds is 8. The highest BCUT2D eigenvalue weighted by Gasteiger charge is 2.20. The molecule has 0 saturated carbocycles. The largest absolute Gasteiger partial charge is 0.344 e. The van der Waals surface area contributed by atoms with Gasteiger partial charge in [0.1, 0.15) is 0 Å². The van der Waals surface area contributed by atoms with Gasteiger partial charge in [0.15, 0.2) is 5.16 Å². The summed E-state index contributed by atoms with van der Waals surface area (Å²) in [6.45, 7) is 2.03. The molecule has 1 aromatic heterocycles. The summed E-state index contributed by atoms with van der Waals surface area (Å²) in [6, 6.07) is 14.2. The number of H-pyrrole nitrogens is 1. The third-order valence-corrected chi connectivity index (χ3v) is 7.40. The first-order valence-electron chi connectivity index (χ1n) is 9.33. The molecule has 0 unspecified atom stereocenters. The van der Waals surface area contributed by atoms with E-state index in [4.69, 9.17) is 0 Å². The van der Waals surface area contributed by atoms with E-state index in [0.717, 1.165) is 21.6 Å². The van der Waals surface area contributed by atoms with Crippen LogP contribution in [0.25, 0.3) is 0 Å². The Hall–Kier alpha value is -2.89. The summed E-state index contributed by atoms with van der Waals surface area (Å²) in [5.74, 6) is -0.341. The van der Waals surface area contributed by atoms with E-state index in [-0.39, 0.29) is 22.2 Å². The second-order valence-electron chi connectivity index (χ2n) is 6.99. The van der Waals surface area contributed by atoms with Crippen molar-refractivity contribution in [2.45, 2.75) is 23.5 Å². The maximum atomic E-state index is 12.5. The predicted molar refractivity (Wildman–Crippen MR) is 120 cm³/mol. The SMILES string of the molecule is Cc1ccc(NC(=O)CSc2n[nH]c(=O)n2Cc2ccccc2)cc1S(=O)(=O)N(C)C. The molecule has 0 bridgehead atoms. The monoisotopic (exact) mass is 461 g/mol. The first-order valence-corrected chi connectivity index (χ1v) is 11.8. The summed E-state index contributed by atoms with van der Waals surface area (Å²) in [7, 11) is -0.721. The number of sulfonamides is 1. The zero-order chi connectivity index (χ0) is 22.6. The van der Waals surface area contributed by atoms with E-state index in [0.29, 0.717) is 23.0 Å². The van der Waals surface area contributed by atoms with Crippen LogP contribution < -0.4 is 11.0 Å². The quantitative estimate of drug-likeness (QED) is 0.495. The number of aromatic nitrogens is 3. The Morgan fingerprint density at radius 3 is 2.58 bits per heavy atom. The summed E-state index contributed by atoms with van der Waals surface area (Å²) in [4.78, 5) is 24.6. The van der Waals surface area contributed by atoms with Crippen LogP contribution in [-0.4, -0.2) is 53.2 Å². The van der Waals surface area contributed by atoms with Crippen LogP contribution >= 0.6 is 11.8 Å². The highest BCUT2D eigenvalue weighted by Crippen LogP contribution is 2.23. The van der Waals surface area contributed by atoms with Crippen molar-refractivity contribution in [3.63, 3.8) is 0 Å². The number of anilines is 1. The molecule has 3 rings (SSSR count). The fourth-order valence-electron chi connectivity index (χ4n) is 2.80. The third kappa shape index (κ3) is 5.43. The van der Waals surface area contributed by atoms with E-state index in [2.05, 4.69) is 15.5 Å². The van der Waals surface area contributed by atoms with Crippen molar-refractivity contribution in [1.29, 1.82) is 0 Å². The lowest BCUT2D eigenvalue weighted by molar-refractivity contribution is -0.113. The van der Waals surface area contributed by atoms with Crippen LogP contribution in [0.4, 0.5) is 5.69 Å². The number of carbonyl (C=O) groups excluding carboxylic acids is 1. The lowest BCUT2D eigenvalue weighted by Gasteiger charge is -2.15. The van der Waals surface area contributed by atoms with Crippen molar-refractivity contribution >= 4 is 33.4 Å². The normalized spacial score (nSPS) is 11.6. The molecule has 0 saturated heterocycles. The highest BCUT2D eigenvalue weighted by molar-refractivity contribution is 7.99. The van der Waals surface area contributed by atoms with E-state index in [1.165, 1.54) is 24.7 Å². The van der Waals surface area contributed by atoms with Gasteiger partial charge in [0.2, 0.25) is 15.9 Å². The molecule has 3 aromatic rings. The Morgan fingerprint density at radius 1 is 1.19 bits per heavy atom. The molecule has 1 amide bonds. The molecule has 0 spiro atoms. The van der Waals surface area contributed by atoms with Gasteiger partial charge in [-0.25, -0.2) is 22.6 Å². The van der Waals surface area contributed by atoms with Gasteiger partial charge < -0.3 is 5.32 Å². The maximum Gasteiger partial charge on any atom is 0.344 e. The van der Waals surface area contributed by atoms with E-state index < -0.39 is 10.0 Å². The Balaban J connectivity index is 1.69. The van der Waals surface area contributed by atoms with E-state index >= 15 is 0 Å². The number of aryl methyl sites for hydroxylation is 1. The molecule has 31 heavy (non-hydrogen) atoms. The number of amides is 1. The van der Waals surface area contributed by atoms with Crippen molar-refractivity contribution in [2.75, 3.05) is 25.2 Å². The molecule has 0 aliphatic carbocycles. The zero-order valence-electron chi connectivity index (χ0n) is 17.3. The predicted octanol–water partition coefficient (Wildman–Crippen LogP) is 1.91. The van der Waals surface area contributed by atoms with Gasteiger partial charge in [0, 0.05) is 19.8 Å². The van der Waals surface area contributed by atoms with Crippen molar-refractivity contribution in [1.82, 2.24) is 19.1 Å². The smallest absolute Gasteiger partial charge is 0.325 e. The van der Waals surface area contributed by atoms with Crippen molar-refractivity contribution < 1.29 is 13.2 Å². The van der Waals surface area contributed by atoms with Gasteiger partial charge in [-0.15, -0.1) is 5.10 Å². The van der Waals surface area contributed by atoms with Crippen LogP contribution in [-0.2, 0) is 21.4 Å². The lowest BCUT2D eigenvalue weighted by atomic mass is 10.2. The molecular formula is C20H23N5O4S2. The number of benzene rings is 2. The van der Waals surface area contributed by atoms with E-state index in [9.17, 15) is 18.0 Å². The fourth-order valence-corrected chi connectivity index (χ4v) is 4.69. The fraction of sp³-hybridized carbons (Fsp3) is 0.250. The molecule has 1 heterocycles. The van der Waals surface area contributed by atoms with Gasteiger partial charge in [-0.1, -0.05) is 48.2 Å². The number of nitrogens with one attached hydrogen (secondary N) is 2. The summed E-state index contributed by atoms with van der Waals surface area (Å²) in [5.41, 5.74) is 1.54. The molecule has 0 radical (unpaired) electrons. The van der Waals surface area contributed by atoms with Crippen LogP contribution in [0.15, 0.2) is 63.4 Å². The maximum absolute atomic E-state index is 12.5. The van der Waals surface area contributed by atoms with Crippen LogP contribution in [0.1, 0.15) is 11.1 Å². The van der Waals surface area contributed by atoms with Gasteiger partial charge >= 0.3 is 5.69 Å². The molecule has 0 fully saturated rings. The molecule has 0 aliphatic rings. The Kier molecular flexibility index (Phi) is 6.98. The zero-order valence-corrected chi connectivity index (χ0v) is 19.0. The van der Waals surface area contributed by atoms with Gasteiger partial charge in [0.05, 0.1) is 17.2 Å². The van der Waals surface area contributed by atoms with Crippen LogP contribution in [0.3, 0.4) is 0 Å². The number of thioether (sulfide) groups is 1. The number of aromatic amines is 1. The molecule has 9 nitrogen and oxygen atoms in total. The number of hydrogen-bond donors (Lipinski definition) is 2. The Labute approximate surface area is 184 Å². The molecule has 11 heteroatoms. The number of hydrogen-bond acceptors (Lipinski definition) is 6. The molecule has 164 valence electrons. The van der Waals surface area contributed by atoms with Crippen LogP contribution in [0.5, 0.6) is 0 Å². The first kappa shape index (κ1) is 22.8. The molecule has 0 aliphatic heterocycles. The Morgan fingerprint density at radius 2 is 1.90 bits per heavy atom. The van der Waals surface area contributed by atoms with E-state index in [1.807, 2.05) is 30.3 Å². The second-order valence-corrected chi connectivity index (χ2v) is 10.1. The molecule has 0 atom stereocenters. The van der Waals surface area contributed by atoms with Crippen molar-refractivity contribution in [3.8, 4) is 0 Å². The third-order valence-electron chi connectivity index (χ3n) is 4.47. The molecule has 2 N–H and O–H groups in total. The number of carbonyl (C=O) groups is 1. The summed E-state index contributed by atoms with van der Waals surface area (Å²) >= 11 is 1.11. The topological polar surface area (TPSA) is 117 Å². The van der Waals surface area contributed by atoms with Crippen LogP contribution in [0.2, 0.25) is 0 Å². The summed E-state index contributed by atoms with van der Waals surface area (Å²) < 4.78 is 27.5. The van der Waals surface area contributed by atoms with E-state index in [1.54, 1.807) is 19.1 Å². The van der Waals surface area contributed by atoms with Gasteiger partial charge in [-0.05, 0) is 30.2 Å². The Bertz CT molecular complexity index is 1230. The highest BCUT2D eigenvalue weighted by atomic mass is 32.2. The summed E-state index contributed by atoms with van der Waals surface area (Å²) in [6.07, 6.45) is 0. The van der Waals surface area contributed by atoms with Gasteiger partial charge in [-0.3, -0.25) is 9.36 Å². The second kappa shape index (κ2) is 9.50. The standard InChI is InChI=1S/C20H23N5O4S2/c1-14-9-10-16(11-17(14)31(28,29)24(2)3)21-18(26)13-30-20-23-22-19(27)25(20)12-15-7-5-4-6-8-15/h4-11H,12-13H2,1-3H3,(H,21,26)(H,22,27). The minimum atomic E-state index is -3.63. The minimum Gasteiger partial charge on any atom is -0.325 e. The van der Waals surface area contributed by atoms with Crippen LogP contribution in [0, 0.1) is 6.92 Å². The first-order chi connectivity index (χ1) is 14.7. The summed E-state index contributed by atoms with van der Waals surface area (Å²) in [5, 5.41) is 9.49. The van der Waals surface area contributed by atoms with Gasteiger partial charge in [0.25, 0.3) is 0 Å². The number of nitrogens with zero attached hydrogens (tertiary/aromatic N) is 3. The molecule has 2 aromatic carbocycles. The molecular weight excluding hydrogens is 438 g/mol.